The minimum atomic E-state index is 0.119. The van der Waals surface area contributed by atoms with Crippen molar-refractivity contribution in [3.63, 3.8) is 0 Å². The van der Waals surface area contributed by atoms with Gasteiger partial charge in [-0.3, -0.25) is 0 Å². The Kier molecular flexibility index (Phi) is 2.37. The van der Waals surface area contributed by atoms with Gasteiger partial charge in [-0.1, -0.05) is 6.07 Å². The molecule has 0 fully saturated rings. The lowest BCUT2D eigenvalue weighted by atomic mass is 10.2. The van der Waals surface area contributed by atoms with Gasteiger partial charge < -0.3 is 10.4 Å². The molecule has 0 aliphatic carbocycles. The summed E-state index contributed by atoms with van der Waals surface area (Å²) < 4.78 is 8.27. The number of nitrogens with one attached hydrogen (secondary N) is 1. The third-order valence-electron chi connectivity index (χ3n) is 1.71. The van der Waals surface area contributed by atoms with E-state index in [2.05, 4.69) is 14.1 Å². The van der Waals surface area contributed by atoms with Gasteiger partial charge in [0.1, 0.15) is 11.0 Å². The Balaban J connectivity index is 2.37. The van der Waals surface area contributed by atoms with Crippen LogP contribution < -0.4 is 5.32 Å². The average Bonchev–Trinajstić information content (AvgIpc) is 2.62. The number of aliphatic hydroxyl groups excluding tert-OH is 1. The SMILES string of the molecule is OCCNc1cccc2nsnc12. The molecule has 1 aromatic heterocycles. The van der Waals surface area contributed by atoms with Crippen molar-refractivity contribution in [2.45, 2.75) is 0 Å². The highest BCUT2D eigenvalue weighted by molar-refractivity contribution is 7.00. The summed E-state index contributed by atoms with van der Waals surface area (Å²) in [5.41, 5.74) is 2.70. The van der Waals surface area contributed by atoms with Crippen molar-refractivity contribution >= 4 is 28.4 Å². The number of hydrogen-bond acceptors (Lipinski definition) is 5. The fourth-order valence-electron chi connectivity index (χ4n) is 1.14. The van der Waals surface area contributed by atoms with Gasteiger partial charge in [0.25, 0.3) is 0 Å². The molecule has 0 radical (unpaired) electrons. The Bertz CT molecular complexity index is 401. The van der Waals surface area contributed by atoms with Crippen molar-refractivity contribution in [3.05, 3.63) is 18.2 Å². The van der Waals surface area contributed by atoms with Gasteiger partial charge in [0, 0.05) is 6.54 Å². The number of hydrogen-bond donors (Lipinski definition) is 2. The second-order valence-electron chi connectivity index (χ2n) is 2.59. The smallest absolute Gasteiger partial charge is 0.127 e. The van der Waals surface area contributed by atoms with E-state index in [-0.39, 0.29) is 6.61 Å². The molecule has 0 atom stereocenters. The topological polar surface area (TPSA) is 58.0 Å². The summed E-state index contributed by atoms with van der Waals surface area (Å²) in [6.45, 7) is 0.657. The Morgan fingerprint density at radius 3 is 3.15 bits per heavy atom. The van der Waals surface area contributed by atoms with E-state index < -0.39 is 0 Å². The Labute approximate surface area is 79.5 Å². The molecule has 5 heteroatoms. The van der Waals surface area contributed by atoms with Crippen LogP contribution in [0.4, 0.5) is 5.69 Å². The highest BCUT2D eigenvalue weighted by Crippen LogP contribution is 2.20. The first-order valence-electron chi connectivity index (χ1n) is 3.98. The molecular formula is C8H9N3OS. The number of benzene rings is 1. The predicted octanol–water partition coefficient (Wildman–Crippen LogP) is 1.10. The van der Waals surface area contributed by atoms with Gasteiger partial charge in [-0.25, -0.2) is 0 Å². The molecule has 2 N–H and O–H groups in total. The van der Waals surface area contributed by atoms with Crippen LogP contribution in [-0.2, 0) is 0 Å². The zero-order valence-corrected chi connectivity index (χ0v) is 7.71. The summed E-state index contributed by atoms with van der Waals surface area (Å²) >= 11 is 1.20. The summed E-state index contributed by atoms with van der Waals surface area (Å²) in [6.07, 6.45) is 0. The van der Waals surface area contributed by atoms with Crippen LogP contribution in [0.2, 0.25) is 0 Å². The third-order valence-corrected chi connectivity index (χ3v) is 2.26. The van der Waals surface area contributed by atoms with E-state index in [0.717, 1.165) is 16.7 Å². The number of anilines is 1. The lowest BCUT2D eigenvalue weighted by Gasteiger charge is -2.03. The van der Waals surface area contributed by atoms with Crippen LogP contribution in [0.15, 0.2) is 18.2 Å². The van der Waals surface area contributed by atoms with E-state index in [1.54, 1.807) is 0 Å². The predicted molar refractivity (Wildman–Crippen MR) is 53.0 cm³/mol. The third kappa shape index (κ3) is 1.61. The van der Waals surface area contributed by atoms with Crippen molar-refractivity contribution in [2.75, 3.05) is 18.5 Å². The maximum absolute atomic E-state index is 8.65. The molecular weight excluding hydrogens is 186 g/mol. The fourth-order valence-corrected chi connectivity index (χ4v) is 1.69. The molecule has 0 spiro atoms. The zero-order valence-electron chi connectivity index (χ0n) is 6.90. The second-order valence-corrected chi connectivity index (χ2v) is 3.12. The van der Waals surface area contributed by atoms with E-state index >= 15 is 0 Å². The first-order chi connectivity index (χ1) is 6.42. The average molecular weight is 195 g/mol. The van der Waals surface area contributed by atoms with E-state index in [1.807, 2.05) is 18.2 Å². The van der Waals surface area contributed by atoms with Gasteiger partial charge in [-0.05, 0) is 12.1 Å². The van der Waals surface area contributed by atoms with Crippen molar-refractivity contribution in [3.8, 4) is 0 Å². The normalized spacial score (nSPS) is 10.5. The molecule has 0 bridgehead atoms. The van der Waals surface area contributed by atoms with Gasteiger partial charge in [-0.15, -0.1) is 0 Å². The fraction of sp³-hybridized carbons (Fsp3) is 0.250. The summed E-state index contributed by atoms with van der Waals surface area (Å²) in [5.74, 6) is 0. The molecule has 0 saturated carbocycles. The number of aliphatic hydroxyl groups is 1. The van der Waals surface area contributed by atoms with Crippen LogP contribution in [0.5, 0.6) is 0 Å². The first kappa shape index (κ1) is 8.40. The molecule has 1 heterocycles. The summed E-state index contributed by atoms with van der Waals surface area (Å²) in [7, 11) is 0. The van der Waals surface area contributed by atoms with Crippen molar-refractivity contribution in [2.24, 2.45) is 0 Å². The monoisotopic (exact) mass is 195 g/mol. The molecule has 13 heavy (non-hydrogen) atoms. The second kappa shape index (κ2) is 3.68. The maximum Gasteiger partial charge on any atom is 0.127 e. The largest absolute Gasteiger partial charge is 0.395 e. The molecule has 0 aliphatic rings. The van der Waals surface area contributed by atoms with Gasteiger partial charge >= 0.3 is 0 Å². The number of aromatic nitrogens is 2. The molecule has 68 valence electrons. The number of rotatable bonds is 3. The molecule has 0 saturated heterocycles. The van der Waals surface area contributed by atoms with E-state index in [0.29, 0.717) is 6.54 Å². The Morgan fingerprint density at radius 1 is 1.38 bits per heavy atom. The zero-order chi connectivity index (χ0) is 9.10. The van der Waals surface area contributed by atoms with Crippen LogP contribution in [0.3, 0.4) is 0 Å². The van der Waals surface area contributed by atoms with Gasteiger partial charge in [-0.2, -0.15) is 8.75 Å². The van der Waals surface area contributed by atoms with E-state index in [4.69, 9.17) is 5.11 Å². The van der Waals surface area contributed by atoms with Crippen LogP contribution >= 0.6 is 11.7 Å². The maximum atomic E-state index is 8.65. The molecule has 0 amide bonds. The van der Waals surface area contributed by atoms with Gasteiger partial charge in [0.05, 0.1) is 24.0 Å². The number of fused-ring (bicyclic) bond motifs is 1. The van der Waals surface area contributed by atoms with E-state index in [1.165, 1.54) is 11.7 Å². The van der Waals surface area contributed by atoms with Crippen LogP contribution in [0.25, 0.3) is 11.0 Å². The Hall–Kier alpha value is -1.20. The van der Waals surface area contributed by atoms with Gasteiger partial charge in [0.15, 0.2) is 0 Å². The van der Waals surface area contributed by atoms with Crippen molar-refractivity contribution < 1.29 is 5.11 Å². The lowest BCUT2D eigenvalue weighted by molar-refractivity contribution is 0.311. The van der Waals surface area contributed by atoms with Crippen LogP contribution in [0.1, 0.15) is 0 Å². The summed E-state index contributed by atoms with van der Waals surface area (Å²) in [4.78, 5) is 0. The minimum absolute atomic E-state index is 0.119. The molecule has 2 aromatic rings. The summed E-state index contributed by atoms with van der Waals surface area (Å²) in [5, 5.41) is 11.7. The molecule has 0 aliphatic heterocycles. The van der Waals surface area contributed by atoms with Gasteiger partial charge in [0.2, 0.25) is 0 Å². The standard InChI is InChI=1S/C8H9N3OS/c12-5-4-9-6-2-1-3-7-8(6)11-13-10-7/h1-3,9,12H,4-5H2. The summed E-state index contributed by atoms with van der Waals surface area (Å²) in [6, 6.07) is 5.77. The minimum Gasteiger partial charge on any atom is -0.395 e. The molecule has 1 aromatic carbocycles. The van der Waals surface area contributed by atoms with E-state index in [9.17, 15) is 0 Å². The molecule has 4 nitrogen and oxygen atoms in total. The number of nitrogens with zero attached hydrogens (tertiary/aromatic N) is 2. The Morgan fingerprint density at radius 2 is 2.31 bits per heavy atom. The quantitative estimate of drug-likeness (QED) is 0.770. The van der Waals surface area contributed by atoms with Crippen molar-refractivity contribution in [1.29, 1.82) is 0 Å². The highest BCUT2D eigenvalue weighted by Gasteiger charge is 2.02. The lowest BCUT2D eigenvalue weighted by Crippen LogP contribution is -2.05. The van der Waals surface area contributed by atoms with Crippen molar-refractivity contribution in [1.82, 2.24) is 8.75 Å². The highest BCUT2D eigenvalue weighted by atomic mass is 32.1. The van der Waals surface area contributed by atoms with Crippen LogP contribution in [-0.4, -0.2) is 27.0 Å². The van der Waals surface area contributed by atoms with Crippen LogP contribution in [0, 0.1) is 0 Å². The molecule has 2 rings (SSSR count). The molecule has 0 unspecified atom stereocenters. The first-order valence-corrected chi connectivity index (χ1v) is 4.71.